The molecule has 0 saturated heterocycles. The summed E-state index contributed by atoms with van der Waals surface area (Å²) in [4.78, 5) is 0. The van der Waals surface area contributed by atoms with Crippen molar-refractivity contribution in [3.8, 4) is 0 Å². The first kappa shape index (κ1) is 14.9. The van der Waals surface area contributed by atoms with Crippen LogP contribution in [0.1, 0.15) is 53.9 Å². The van der Waals surface area contributed by atoms with Crippen molar-refractivity contribution < 1.29 is 4.74 Å². The summed E-state index contributed by atoms with van der Waals surface area (Å²) in [5.74, 6) is 1.29. The van der Waals surface area contributed by atoms with E-state index in [0.717, 1.165) is 18.9 Å². The van der Waals surface area contributed by atoms with E-state index < -0.39 is 0 Å². The van der Waals surface area contributed by atoms with Crippen molar-refractivity contribution >= 4 is 0 Å². The molecule has 0 amide bonds. The van der Waals surface area contributed by atoms with Gasteiger partial charge in [0.1, 0.15) is 0 Å². The third-order valence-corrected chi connectivity index (χ3v) is 2.76. The van der Waals surface area contributed by atoms with Gasteiger partial charge in [0.15, 0.2) is 0 Å². The van der Waals surface area contributed by atoms with Gasteiger partial charge in [0.25, 0.3) is 0 Å². The minimum atomic E-state index is 0.198. The molecule has 0 bridgehead atoms. The second-order valence-electron chi connectivity index (χ2n) is 5.15. The van der Waals surface area contributed by atoms with E-state index in [2.05, 4.69) is 27.7 Å². The predicted molar refractivity (Wildman–Crippen MR) is 66.9 cm³/mol. The van der Waals surface area contributed by atoms with Gasteiger partial charge >= 0.3 is 0 Å². The maximum atomic E-state index is 6.17. The number of hydrogen-bond acceptors (Lipinski definition) is 2. The van der Waals surface area contributed by atoms with Crippen LogP contribution in [-0.2, 0) is 4.74 Å². The van der Waals surface area contributed by atoms with Crippen LogP contribution in [0.2, 0.25) is 0 Å². The lowest BCUT2D eigenvalue weighted by atomic mass is 9.94. The molecule has 0 radical (unpaired) electrons. The average molecular weight is 215 g/mol. The summed E-state index contributed by atoms with van der Waals surface area (Å²) in [6.07, 6.45) is 3.79. The van der Waals surface area contributed by atoms with Gasteiger partial charge in [0.05, 0.1) is 6.10 Å². The second-order valence-corrected chi connectivity index (χ2v) is 5.15. The molecule has 92 valence electrons. The molecule has 2 nitrogen and oxygen atoms in total. The summed E-state index contributed by atoms with van der Waals surface area (Å²) in [5, 5.41) is 0. The quantitative estimate of drug-likeness (QED) is 0.675. The molecular formula is C13H29NO. The first-order valence-electron chi connectivity index (χ1n) is 6.36. The molecule has 15 heavy (non-hydrogen) atoms. The highest BCUT2D eigenvalue weighted by Gasteiger charge is 2.21. The van der Waals surface area contributed by atoms with Gasteiger partial charge in [-0.3, -0.25) is 0 Å². The van der Waals surface area contributed by atoms with E-state index in [1.165, 1.54) is 12.8 Å². The van der Waals surface area contributed by atoms with Crippen LogP contribution >= 0.6 is 0 Å². The van der Waals surface area contributed by atoms with Crippen LogP contribution in [-0.4, -0.2) is 18.8 Å². The lowest BCUT2D eigenvalue weighted by Crippen LogP contribution is -2.40. The van der Waals surface area contributed by atoms with Crippen LogP contribution in [0.5, 0.6) is 0 Å². The maximum Gasteiger partial charge on any atom is 0.0748 e. The molecule has 0 spiro atoms. The van der Waals surface area contributed by atoms with Crippen LogP contribution in [0, 0.1) is 11.8 Å². The van der Waals surface area contributed by atoms with Crippen LogP contribution in [0.15, 0.2) is 0 Å². The third-order valence-electron chi connectivity index (χ3n) is 2.76. The summed E-state index contributed by atoms with van der Waals surface area (Å²) in [6, 6.07) is 0.198. The van der Waals surface area contributed by atoms with Crippen LogP contribution in [0.4, 0.5) is 0 Å². The van der Waals surface area contributed by atoms with Crippen molar-refractivity contribution in [3.05, 3.63) is 0 Å². The van der Waals surface area contributed by atoms with Gasteiger partial charge in [-0.05, 0) is 25.2 Å². The van der Waals surface area contributed by atoms with E-state index in [9.17, 15) is 0 Å². The van der Waals surface area contributed by atoms with Gasteiger partial charge in [0.2, 0.25) is 0 Å². The van der Waals surface area contributed by atoms with Crippen molar-refractivity contribution in [1.82, 2.24) is 0 Å². The van der Waals surface area contributed by atoms with E-state index in [1.54, 1.807) is 0 Å². The minimum Gasteiger partial charge on any atom is -0.377 e. The monoisotopic (exact) mass is 215 g/mol. The number of hydrogen-bond donors (Lipinski definition) is 1. The van der Waals surface area contributed by atoms with Crippen molar-refractivity contribution in [2.45, 2.75) is 66.0 Å². The summed E-state index contributed by atoms with van der Waals surface area (Å²) in [6.45, 7) is 11.7. The molecule has 0 rings (SSSR count). The zero-order valence-electron chi connectivity index (χ0n) is 11.1. The Balaban J connectivity index is 3.86. The third kappa shape index (κ3) is 6.91. The minimum absolute atomic E-state index is 0.198. The van der Waals surface area contributed by atoms with Gasteiger partial charge < -0.3 is 10.5 Å². The Bertz CT molecular complexity index is 145. The maximum absolute atomic E-state index is 6.17. The first-order valence-corrected chi connectivity index (χ1v) is 6.36. The van der Waals surface area contributed by atoms with Crippen molar-refractivity contribution in [3.63, 3.8) is 0 Å². The lowest BCUT2D eigenvalue weighted by Gasteiger charge is -2.27. The molecular weight excluding hydrogens is 186 g/mol. The van der Waals surface area contributed by atoms with Crippen molar-refractivity contribution in [2.75, 3.05) is 6.61 Å². The molecule has 2 N–H and O–H groups in total. The zero-order valence-corrected chi connectivity index (χ0v) is 11.1. The van der Waals surface area contributed by atoms with Gasteiger partial charge in [0, 0.05) is 12.6 Å². The Morgan fingerprint density at radius 1 is 1.07 bits per heavy atom. The fourth-order valence-electron chi connectivity index (χ4n) is 1.93. The topological polar surface area (TPSA) is 35.2 Å². The van der Waals surface area contributed by atoms with Gasteiger partial charge in [-0.25, -0.2) is 0 Å². The predicted octanol–water partition coefficient (Wildman–Crippen LogP) is 3.20. The van der Waals surface area contributed by atoms with Gasteiger partial charge in [-0.1, -0.05) is 40.5 Å². The number of nitrogens with two attached hydrogens (primary N) is 1. The summed E-state index contributed by atoms with van der Waals surface area (Å²) >= 11 is 0. The normalized spacial score (nSPS) is 16.0. The second kappa shape index (κ2) is 8.12. The Kier molecular flexibility index (Phi) is 8.07. The van der Waals surface area contributed by atoms with E-state index >= 15 is 0 Å². The SMILES string of the molecule is CCOC(C(C)C)C(N)CCCC(C)C. The van der Waals surface area contributed by atoms with E-state index in [1.807, 2.05) is 6.92 Å². The molecule has 0 aromatic rings. The molecule has 2 heteroatoms. The van der Waals surface area contributed by atoms with Crippen molar-refractivity contribution in [2.24, 2.45) is 17.6 Å². The molecule has 2 atom stereocenters. The van der Waals surface area contributed by atoms with E-state index in [0.29, 0.717) is 5.92 Å². The highest BCUT2D eigenvalue weighted by Crippen LogP contribution is 2.16. The number of ether oxygens (including phenoxy) is 1. The van der Waals surface area contributed by atoms with E-state index in [-0.39, 0.29) is 12.1 Å². The molecule has 0 aromatic heterocycles. The Labute approximate surface area is 95.6 Å². The molecule has 0 aliphatic rings. The highest BCUT2D eigenvalue weighted by atomic mass is 16.5. The molecule has 0 heterocycles. The van der Waals surface area contributed by atoms with Gasteiger partial charge in [-0.2, -0.15) is 0 Å². The molecule has 0 aliphatic carbocycles. The lowest BCUT2D eigenvalue weighted by molar-refractivity contribution is 0.0102. The average Bonchev–Trinajstić information content (AvgIpc) is 2.12. The Morgan fingerprint density at radius 2 is 1.67 bits per heavy atom. The largest absolute Gasteiger partial charge is 0.377 e. The Hall–Kier alpha value is -0.0800. The number of rotatable bonds is 8. The van der Waals surface area contributed by atoms with Crippen molar-refractivity contribution in [1.29, 1.82) is 0 Å². The van der Waals surface area contributed by atoms with Crippen LogP contribution in [0.3, 0.4) is 0 Å². The Morgan fingerprint density at radius 3 is 2.07 bits per heavy atom. The fourth-order valence-corrected chi connectivity index (χ4v) is 1.93. The summed E-state index contributed by atoms with van der Waals surface area (Å²) < 4.78 is 5.70. The van der Waals surface area contributed by atoms with Crippen LogP contribution < -0.4 is 5.73 Å². The summed E-state index contributed by atoms with van der Waals surface area (Å²) in [7, 11) is 0. The summed E-state index contributed by atoms with van der Waals surface area (Å²) in [5.41, 5.74) is 6.17. The van der Waals surface area contributed by atoms with Crippen LogP contribution in [0.25, 0.3) is 0 Å². The standard InChI is InChI=1S/C13H29NO/c1-6-15-13(11(4)5)12(14)9-7-8-10(2)3/h10-13H,6-9,14H2,1-5H3. The molecule has 0 fully saturated rings. The zero-order chi connectivity index (χ0) is 11.8. The fraction of sp³-hybridized carbons (Fsp3) is 1.00. The molecule has 0 aliphatic heterocycles. The van der Waals surface area contributed by atoms with Gasteiger partial charge in [-0.15, -0.1) is 0 Å². The molecule has 0 saturated carbocycles. The molecule has 2 unspecified atom stereocenters. The van der Waals surface area contributed by atoms with E-state index in [4.69, 9.17) is 10.5 Å². The molecule has 0 aromatic carbocycles. The first-order chi connectivity index (χ1) is 6.99. The highest BCUT2D eigenvalue weighted by molar-refractivity contribution is 4.76. The smallest absolute Gasteiger partial charge is 0.0748 e.